The maximum absolute atomic E-state index is 12.3. The molecule has 2 heterocycles. The van der Waals surface area contributed by atoms with Crippen molar-refractivity contribution in [2.45, 2.75) is 44.7 Å². The van der Waals surface area contributed by atoms with E-state index in [9.17, 15) is 4.79 Å². The lowest BCUT2D eigenvalue weighted by molar-refractivity contribution is -0.200. The zero-order valence-electron chi connectivity index (χ0n) is 11.6. The maximum atomic E-state index is 12.3. The predicted octanol–water partition coefficient (Wildman–Crippen LogP) is 1.65. The van der Waals surface area contributed by atoms with Crippen molar-refractivity contribution < 1.29 is 23.7 Å². The Morgan fingerprint density at radius 3 is 2.75 bits per heavy atom. The minimum atomic E-state index is -0.881. The van der Waals surface area contributed by atoms with Crippen LogP contribution < -0.4 is 0 Å². The van der Waals surface area contributed by atoms with Gasteiger partial charge in [0.2, 0.25) is 12.1 Å². The summed E-state index contributed by atoms with van der Waals surface area (Å²) in [7, 11) is 0. The largest absolute Gasteiger partial charge is 0.343 e. The number of Topliss-reactive ketones (excluding diaryl/α,β-unsaturated/α-hetero) is 1. The number of ether oxygens (including phenoxy) is 4. The van der Waals surface area contributed by atoms with Crippen LogP contribution in [0.15, 0.2) is 30.3 Å². The molecule has 0 aromatic heterocycles. The number of fused-ring (bicyclic) bond motifs is 1. The first-order valence-electron chi connectivity index (χ1n) is 6.72. The van der Waals surface area contributed by atoms with Crippen molar-refractivity contribution in [3.05, 3.63) is 35.9 Å². The lowest BCUT2D eigenvalue weighted by Crippen LogP contribution is -2.49. The van der Waals surface area contributed by atoms with E-state index in [0.29, 0.717) is 13.2 Å². The van der Waals surface area contributed by atoms with E-state index in [1.807, 2.05) is 30.3 Å². The molecule has 2 fully saturated rings. The zero-order chi connectivity index (χ0) is 14.2. The number of rotatable bonds is 3. The molecule has 1 aromatic rings. The van der Waals surface area contributed by atoms with Crippen molar-refractivity contribution in [2.24, 2.45) is 0 Å². The van der Waals surface area contributed by atoms with Crippen LogP contribution in [0.4, 0.5) is 0 Å². The van der Waals surface area contributed by atoms with Crippen LogP contribution >= 0.6 is 0 Å². The summed E-state index contributed by atoms with van der Waals surface area (Å²) in [5.74, 6) is -0.953. The molecule has 3 atom stereocenters. The van der Waals surface area contributed by atoms with Gasteiger partial charge in [-0.3, -0.25) is 4.79 Å². The summed E-state index contributed by atoms with van der Waals surface area (Å²) in [5.41, 5.74) is 0.995. The van der Waals surface area contributed by atoms with Gasteiger partial charge in [0.25, 0.3) is 0 Å². The van der Waals surface area contributed by atoms with Crippen LogP contribution in [0.1, 0.15) is 19.4 Å². The van der Waals surface area contributed by atoms with Crippen molar-refractivity contribution in [2.75, 3.05) is 6.61 Å². The molecule has 0 radical (unpaired) electrons. The molecule has 1 aromatic carbocycles. The van der Waals surface area contributed by atoms with Crippen molar-refractivity contribution in [1.29, 1.82) is 0 Å². The van der Waals surface area contributed by atoms with Crippen LogP contribution in [-0.2, 0) is 30.3 Å². The van der Waals surface area contributed by atoms with E-state index < -0.39 is 18.2 Å². The Morgan fingerprint density at radius 1 is 1.25 bits per heavy atom. The lowest BCUT2D eigenvalue weighted by atomic mass is 10.1. The summed E-state index contributed by atoms with van der Waals surface area (Å²) in [6.45, 7) is 4.22. The van der Waals surface area contributed by atoms with E-state index in [1.54, 1.807) is 13.8 Å². The van der Waals surface area contributed by atoms with Gasteiger partial charge in [0.05, 0.1) is 13.2 Å². The highest BCUT2D eigenvalue weighted by Gasteiger charge is 2.50. The molecule has 0 spiro atoms. The van der Waals surface area contributed by atoms with E-state index >= 15 is 0 Å². The number of carbonyl (C=O) groups excluding carboxylic acids is 1. The van der Waals surface area contributed by atoms with Gasteiger partial charge in [-0.05, 0) is 19.4 Å². The number of ketones is 1. The highest BCUT2D eigenvalue weighted by molar-refractivity contribution is 5.87. The molecule has 0 N–H and O–H groups in total. The Balaban J connectivity index is 1.61. The third-order valence-corrected chi connectivity index (χ3v) is 3.35. The van der Waals surface area contributed by atoms with Crippen molar-refractivity contribution >= 4 is 5.78 Å². The fraction of sp³-hybridized carbons (Fsp3) is 0.533. The molecule has 108 valence electrons. The number of hydrogen-bond donors (Lipinski definition) is 0. The summed E-state index contributed by atoms with van der Waals surface area (Å²) >= 11 is 0. The second-order valence-corrected chi connectivity index (χ2v) is 5.46. The smallest absolute Gasteiger partial charge is 0.221 e. The summed E-state index contributed by atoms with van der Waals surface area (Å²) in [6, 6.07) is 9.66. The monoisotopic (exact) mass is 278 g/mol. The first-order valence-corrected chi connectivity index (χ1v) is 6.72. The molecule has 0 aliphatic carbocycles. The highest BCUT2D eigenvalue weighted by Crippen LogP contribution is 2.32. The van der Waals surface area contributed by atoms with Gasteiger partial charge in [0, 0.05) is 0 Å². The Bertz CT molecular complexity index is 484. The molecular formula is C15H18O5. The van der Waals surface area contributed by atoms with Crippen LogP contribution in [0, 0.1) is 0 Å². The Hall–Kier alpha value is -1.27. The number of hydrogen-bond acceptors (Lipinski definition) is 5. The molecule has 20 heavy (non-hydrogen) atoms. The molecular weight excluding hydrogens is 260 g/mol. The third kappa shape index (κ3) is 2.76. The van der Waals surface area contributed by atoms with E-state index in [-0.39, 0.29) is 11.9 Å². The SMILES string of the molecule is CC1(C)O[C@@H]2CO[C@@H](OCc3ccccc3)C(=O)[C@@H]2O1. The van der Waals surface area contributed by atoms with Gasteiger partial charge in [0.1, 0.15) is 6.10 Å². The van der Waals surface area contributed by atoms with Gasteiger partial charge in [-0.1, -0.05) is 30.3 Å². The lowest BCUT2D eigenvalue weighted by Gasteiger charge is -2.28. The third-order valence-electron chi connectivity index (χ3n) is 3.35. The normalized spacial score (nSPS) is 32.1. The first-order chi connectivity index (χ1) is 9.55. The summed E-state index contributed by atoms with van der Waals surface area (Å²) in [5, 5.41) is 0. The van der Waals surface area contributed by atoms with Gasteiger partial charge in [0.15, 0.2) is 11.9 Å². The molecule has 0 unspecified atom stereocenters. The Kier molecular flexibility index (Phi) is 3.60. The molecule has 2 saturated heterocycles. The molecule has 0 saturated carbocycles. The quantitative estimate of drug-likeness (QED) is 0.841. The fourth-order valence-electron chi connectivity index (χ4n) is 2.47. The van der Waals surface area contributed by atoms with Gasteiger partial charge >= 0.3 is 0 Å². The molecule has 0 bridgehead atoms. The fourth-order valence-corrected chi connectivity index (χ4v) is 2.47. The molecule has 5 heteroatoms. The van der Waals surface area contributed by atoms with Gasteiger partial charge < -0.3 is 18.9 Å². The summed E-state index contributed by atoms with van der Waals surface area (Å²) in [6.07, 6.45) is -1.82. The molecule has 2 aliphatic rings. The average Bonchev–Trinajstić information content (AvgIpc) is 2.75. The standard InChI is InChI=1S/C15H18O5/c1-15(2)19-11-9-18-14(12(16)13(11)20-15)17-8-10-6-4-3-5-7-10/h3-7,11,13-14H,8-9H2,1-2H3/t11-,13-,14-/m1/s1. The van der Waals surface area contributed by atoms with Crippen LogP contribution in [0.5, 0.6) is 0 Å². The Morgan fingerprint density at radius 2 is 2.00 bits per heavy atom. The molecule has 5 nitrogen and oxygen atoms in total. The van der Waals surface area contributed by atoms with Crippen LogP contribution in [0.25, 0.3) is 0 Å². The van der Waals surface area contributed by atoms with Crippen LogP contribution in [0.2, 0.25) is 0 Å². The van der Waals surface area contributed by atoms with E-state index in [0.717, 1.165) is 5.56 Å². The minimum absolute atomic E-state index is 0.206. The maximum Gasteiger partial charge on any atom is 0.221 e. The van der Waals surface area contributed by atoms with Crippen LogP contribution in [-0.4, -0.2) is 36.7 Å². The highest BCUT2D eigenvalue weighted by atomic mass is 16.8. The van der Waals surface area contributed by atoms with Crippen molar-refractivity contribution in [3.8, 4) is 0 Å². The van der Waals surface area contributed by atoms with E-state index in [1.165, 1.54) is 0 Å². The number of carbonyl (C=O) groups is 1. The van der Waals surface area contributed by atoms with Crippen LogP contribution in [0.3, 0.4) is 0 Å². The Labute approximate surface area is 117 Å². The number of benzene rings is 1. The second kappa shape index (κ2) is 5.26. The predicted molar refractivity (Wildman–Crippen MR) is 69.8 cm³/mol. The topological polar surface area (TPSA) is 54.0 Å². The summed E-state index contributed by atoms with van der Waals surface area (Å²) in [4.78, 5) is 12.3. The van der Waals surface area contributed by atoms with Crippen molar-refractivity contribution in [3.63, 3.8) is 0 Å². The molecule has 2 aliphatic heterocycles. The van der Waals surface area contributed by atoms with Gasteiger partial charge in [-0.15, -0.1) is 0 Å². The van der Waals surface area contributed by atoms with Gasteiger partial charge in [-0.2, -0.15) is 0 Å². The van der Waals surface area contributed by atoms with E-state index in [4.69, 9.17) is 18.9 Å². The second-order valence-electron chi connectivity index (χ2n) is 5.46. The average molecular weight is 278 g/mol. The first kappa shape index (κ1) is 13.7. The zero-order valence-corrected chi connectivity index (χ0v) is 11.6. The van der Waals surface area contributed by atoms with Gasteiger partial charge in [-0.25, -0.2) is 0 Å². The summed E-state index contributed by atoms with van der Waals surface area (Å²) < 4.78 is 22.2. The van der Waals surface area contributed by atoms with E-state index in [2.05, 4.69) is 0 Å². The minimum Gasteiger partial charge on any atom is -0.343 e. The molecule has 0 amide bonds. The van der Waals surface area contributed by atoms with Crippen molar-refractivity contribution in [1.82, 2.24) is 0 Å². The molecule has 3 rings (SSSR count).